The van der Waals surface area contributed by atoms with Crippen molar-refractivity contribution in [3.8, 4) is 11.5 Å². The molecule has 1 fully saturated rings. The molecule has 5 nitrogen and oxygen atoms in total. The smallest absolute Gasteiger partial charge is 0.227 e. The molecule has 134 valence electrons. The van der Waals surface area contributed by atoms with E-state index in [9.17, 15) is 4.79 Å². The van der Waals surface area contributed by atoms with E-state index in [-0.39, 0.29) is 5.91 Å². The lowest BCUT2D eigenvalue weighted by atomic mass is 10.1. The lowest BCUT2D eigenvalue weighted by molar-refractivity contribution is -0.132. The molecule has 24 heavy (non-hydrogen) atoms. The molecule has 5 heteroatoms. The number of hydrogen-bond acceptors (Lipinski definition) is 4. The molecule has 0 bridgehead atoms. The second-order valence-electron chi connectivity index (χ2n) is 6.24. The predicted molar refractivity (Wildman–Crippen MR) is 95.8 cm³/mol. The molecule has 1 amide bonds. The summed E-state index contributed by atoms with van der Waals surface area (Å²) in [4.78, 5) is 17.1. The van der Waals surface area contributed by atoms with Crippen molar-refractivity contribution in [2.24, 2.45) is 0 Å². The molecule has 1 aliphatic heterocycles. The van der Waals surface area contributed by atoms with Gasteiger partial charge in [-0.3, -0.25) is 9.69 Å². The Morgan fingerprint density at radius 1 is 1.08 bits per heavy atom. The SMILES string of the molecule is CCC(CC)N1CCN(C(=O)Cc2cc(OC)ccc2OC)CC1. The first-order valence-corrected chi connectivity index (χ1v) is 8.85. The first kappa shape index (κ1) is 18.6. The van der Waals surface area contributed by atoms with Gasteiger partial charge in [-0.15, -0.1) is 0 Å². The van der Waals surface area contributed by atoms with Gasteiger partial charge in [-0.05, 0) is 31.0 Å². The number of nitrogens with zero attached hydrogens (tertiary/aromatic N) is 2. The van der Waals surface area contributed by atoms with Crippen molar-refractivity contribution in [1.82, 2.24) is 9.80 Å². The first-order valence-electron chi connectivity index (χ1n) is 8.85. The normalized spacial score (nSPS) is 15.6. The van der Waals surface area contributed by atoms with Gasteiger partial charge in [0.2, 0.25) is 5.91 Å². The zero-order chi connectivity index (χ0) is 17.5. The third-order valence-electron chi connectivity index (χ3n) is 4.96. The Hall–Kier alpha value is -1.75. The van der Waals surface area contributed by atoms with Gasteiger partial charge in [-0.2, -0.15) is 0 Å². The maximum atomic E-state index is 12.7. The lowest BCUT2D eigenvalue weighted by Gasteiger charge is -2.39. The molecular weight excluding hydrogens is 304 g/mol. The summed E-state index contributed by atoms with van der Waals surface area (Å²) < 4.78 is 10.6. The maximum absolute atomic E-state index is 12.7. The van der Waals surface area contributed by atoms with Gasteiger partial charge >= 0.3 is 0 Å². The Balaban J connectivity index is 1.97. The van der Waals surface area contributed by atoms with Crippen molar-refractivity contribution in [2.45, 2.75) is 39.2 Å². The van der Waals surface area contributed by atoms with E-state index in [1.165, 1.54) is 12.8 Å². The minimum absolute atomic E-state index is 0.158. The van der Waals surface area contributed by atoms with E-state index in [0.717, 1.165) is 43.2 Å². The second-order valence-corrected chi connectivity index (χ2v) is 6.24. The molecule has 0 saturated carbocycles. The van der Waals surface area contributed by atoms with Gasteiger partial charge in [-0.1, -0.05) is 13.8 Å². The molecule has 1 heterocycles. The average Bonchev–Trinajstić information content (AvgIpc) is 2.63. The number of benzene rings is 1. The molecule has 0 atom stereocenters. The van der Waals surface area contributed by atoms with Crippen LogP contribution >= 0.6 is 0 Å². The lowest BCUT2D eigenvalue weighted by Crippen LogP contribution is -2.52. The Morgan fingerprint density at radius 3 is 2.29 bits per heavy atom. The highest BCUT2D eigenvalue weighted by Gasteiger charge is 2.25. The fraction of sp³-hybridized carbons (Fsp3) is 0.632. The van der Waals surface area contributed by atoms with E-state index < -0.39 is 0 Å². The van der Waals surface area contributed by atoms with Crippen LogP contribution in [0.4, 0.5) is 0 Å². The molecule has 0 spiro atoms. The summed E-state index contributed by atoms with van der Waals surface area (Å²) in [6, 6.07) is 6.23. The summed E-state index contributed by atoms with van der Waals surface area (Å²) in [7, 11) is 3.26. The van der Waals surface area contributed by atoms with E-state index in [1.54, 1.807) is 14.2 Å². The minimum atomic E-state index is 0.158. The number of carbonyl (C=O) groups is 1. The number of amides is 1. The van der Waals surface area contributed by atoms with Crippen molar-refractivity contribution in [3.63, 3.8) is 0 Å². The fourth-order valence-electron chi connectivity index (χ4n) is 3.44. The molecule has 0 aromatic heterocycles. The van der Waals surface area contributed by atoms with Crippen LogP contribution < -0.4 is 9.47 Å². The second kappa shape index (κ2) is 8.92. The van der Waals surface area contributed by atoms with Gasteiger partial charge in [0, 0.05) is 37.8 Å². The molecule has 1 aliphatic rings. The van der Waals surface area contributed by atoms with Crippen LogP contribution in [0.15, 0.2) is 18.2 Å². The third-order valence-corrected chi connectivity index (χ3v) is 4.96. The molecule has 1 aromatic carbocycles. The van der Waals surface area contributed by atoms with E-state index in [0.29, 0.717) is 12.5 Å². The van der Waals surface area contributed by atoms with Crippen LogP contribution in [0.5, 0.6) is 11.5 Å². The molecule has 0 aliphatic carbocycles. The van der Waals surface area contributed by atoms with E-state index >= 15 is 0 Å². The van der Waals surface area contributed by atoms with Crippen molar-refractivity contribution in [1.29, 1.82) is 0 Å². The highest BCUT2D eigenvalue weighted by Crippen LogP contribution is 2.25. The number of methoxy groups -OCH3 is 2. The van der Waals surface area contributed by atoms with E-state index in [4.69, 9.17) is 9.47 Å². The summed E-state index contributed by atoms with van der Waals surface area (Å²) >= 11 is 0. The molecule has 1 aromatic rings. The largest absolute Gasteiger partial charge is 0.497 e. The summed E-state index contributed by atoms with van der Waals surface area (Å²) in [5.74, 6) is 1.64. The number of rotatable bonds is 7. The quantitative estimate of drug-likeness (QED) is 0.769. The minimum Gasteiger partial charge on any atom is -0.497 e. The third kappa shape index (κ3) is 4.41. The van der Waals surface area contributed by atoms with Gasteiger partial charge in [0.15, 0.2) is 0 Å². The fourth-order valence-corrected chi connectivity index (χ4v) is 3.44. The predicted octanol–water partition coefficient (Wildman–Crippen LogP) is 2.58. The molecule has 2 rings (SSSR count). The summed E-state index contributed by atoms with van der Waals surface area (Å²) in [6.45, 7) is 8.02. The van der Waals surface area contributed by atoms with Crippen LogP contribution in [-0.2, 0) is 11.2 Å². The molecule has 0 unspecified atom stereocenters. The van der Waals surface area contributed by atoms with Crippen LogP contribution in [0.1, 0.15) is 32.3 Å². The zero-order valence-corrected chi connectivity index (χ0v) is 15.4. The van der Waals surface area contributed by atoms with E-state index in [1.807, 2.05) is 23.1 Å². The number of piperazine rings is 1. The summed E-state index contributed by atoms with van der Waals surface area (Å²) in [5.41, 5.74) is 0.879. The number of carbonyl (C=O) groups excluding carboxylic acids is 1. The highest BCUT2D eigenvalue weighted by molar-refractivity contribution is 5.79. The Morgan fingerprint density at radius 2 is 1.75 bits per heavy atom. The monoisotopic (exact) mass is 334 g/mol. The van der Waals surface area contributed by atoms with Crippen LogP contribution in [-0.4, -0.2) is 62.1 Å². The Labute approximate surface area is 145 Å². The van der Waals surface area contributed by atoms with Crippen LogP contribution in [0.3, 0.4) is 0 Å². The number of hydrogen-bond donors (Lipinski definition) is 0. The van der Waals surface area contributed by atoms with E-state index in [2.05, 4.69) is 18.7 Å². The molecule has 0 radical (unpaired) electrons. The van der Waals surface area contributed by atoms with Crippen molar-refractivity contribution >= 4 is 5.91 Å². The van der Waals surface area contributed by atoms with Crippen LogP contribution in [0.25, 0.3) is 0 Å². The maximum Gasteiger partial charge on any atom is 0.227 e. The van der Waals surface area contributed by atoms with Crippen molar-refractivity contribution < 1.29 is 14.3 Å². The van der Waals surface area contributed by atoms with Crippen molar-refractivity contribution in [2.75, 3.05) is 40.4 Å². The first-order chi connectivity index (χ1) is 11.6. The molecular formula is C19H30N2O3. The highest BCUT2D eigenvalue weighted by atomic mass is 16.5. The Kier molecular flexibility index (Phi) is 6.91. The molecule has 0 N–H and O–H groups in total. The topological polar surface area (TPSA) is 42.0 Å². The molecule has 1 saturated heterocycles. The number of ether oxygens (including phenoxy) is 2. The van der Waals surface area contributed by atoms with Crippen molar-refractivity contribution in [3.05, 3.63) is 23.8 Å². The average molecular weight is 334 g/mol. The summed E-state index contributed by atoms with van der Waals surface area (Å²) in [6.07, 6.45) is 2.70. The van der Waals surface area contributed by atoms with Gasteiger partial charge in [0.05, 0.1) is 20.6 Å². The summed E-state index contributed by atoms with van der Waals surface area (Å²) in [5, 5.41) is 0. The standard InChI is InChI=1S/C19H30N2O3/c1-5-16(6-2)20-9-11-21(12-10-20)19(22)14-15-13-17(23-3)7-8-18(15)24-4/h7-8,13,16H,5-6,9-12,14H2,1-4H3. The van der Waals surface area contributed by atoms with Crippen LogP contribution in [0.2, 0.25) is 0 Å². The van der Waals surface area contributed by atoms with Gasteiger partial charge in [0.25, 0.3) is 0 Å². The van der Waals surface area contributed by atoms with Gasteiger partial charge < -0.3 is 14.4 Å². The Bertz CT molecular complexity index is 535. The zero-order valence-electron chi connectivity index (χ0n) is 15.4. The van der Waals surface area contributed by atoms with Gasteiger partial charge in [-0.25, -0.2) is 0 Å². The van der Waals surface area contributed by atoms with Gasteiger partial charge in [0.1, 0.15) is 11.5 Å². The van der Waals surface area contributed by atoms with Crippen LogP contribution in [0, 0.1) is 0 Å².